The van der Waals surface area contributed by atoms with Gasteiger partial charge < -0.3 is 9.52 Å². The zero-order chi connectivity index (χ0) is 11.5. The van der Waals surface area contributed by atoms with Gasteiger partial charge >= 0.3 is 5.97 Å². The Morgan fingerprint density at radius 2 is 2.06 bits per heavy atom. The number of benzene rings is 1. The highest BCUT2D eigenvalue weighted by molar-refractivity contribution is 5.87. The number of halogens is 1. The van der Waals surface area contributed by atoms with Gasteiger partial charge in [-0.05, 0) is 12.1 Å². The molecule has 4 nitrogen and oxygen atoms in total. The second-order valence-corrected chi connectivity index (χ2v) is 3.10. The van der Waals surface area contributed by atoms with E-state index in [-0.39, 0.29) is 17.3 Å². The van der Waals surface area contributed by atoms with Crippen LogP contribution in [0.1, 0.15) is 16.2 Å². The fourth-order valence-corrected chi connectivity index (χ4v) is 1.31. The SMILES string of the molecule is O=C(O)c1nc(-c2ccccc2)oc1CF. The van der Waals surface area contributed by atoms with Crippen LogP contribution in [0.15, 0.2) is 34.7 Å². The summed E-state index contributed by atoms with van der Waals surface area (Å²) in [5, 5.41) is 8.77. The summed E-state index contributed by atoms with van der Waals surface area (Å²) in [6.07, 6.45) is 0. The number of hydrogen-bond acceptors (Lipinski definition) is 3. The van der Waals surface area contributed by atoms with Crippen molar-refractivity contribution in [1.82, 2.24) is 4.98 Å². The van der Waals surface area contributed by atoms with Crippen molar-refractivity contribution in [1.29, 1.82) is 0 Å². The molecular formula is C11H8FNO3. The van der Waals surface area contributed by atoms with Crippen LogP contribution in [-0.4, -0.2) is 16.1 Å². The Labute approximate surface area is 90.4 Å². The summed E-state index contributed by atoms with van der Waals surface area (Å²) in [7, 11) is 0. The van der Waals surface area contributed by atoms with Crippen LogP contribution >= 0.6 is 0 Å². The van der Waals surface area contributed by atoms with Crippen molar-refractivity contribution in [2.24, 2.45) is 0 Å². The molecule has 0 fully saturated rings. The number of oxazole rings is 1. The average Bonchev–Trinajstić information content (AvgIpc) is 2.74. The van der Waals surface area contributed by atoms with Crippen LogP contribution in [0.2, 0.25) is 0 Å². The normalized spacial score (nSPS) is 10.3. The molecule has 0 unspecified atom stereocenters. The third-order valence-electron chi connectivity index (χ3n) is 2.04. The van der Waals surface area contributed by atoms with Crippen LogP contribution in [0.5, 0.6) is 0 Å². The maximum Gasteiger partial charge on any atom is 0.358 e. The first-order valence-corrected chi connectivity index (χ1v) is 4.56. The molecular weight excluding hydrogens is 213 g/mol. The molecule has 1 aromatic carbocycles. The summed E-state index contributed by atoms with van der Waals surface area (Å²) >= 11 is 0. The lowest BCUT2D eigenvalue weighted by Crippen LogP contribution is -1.99. The maximum atomic E-state index is 12.5. The van der Waals surface area contributed by atoms with Crippen LogP contribution < -0.4 is 0 Å². The number of rotatable bonds is 3. The fourth-order valence-electron chi connectivity index (χ4n) is 1.31. The second kappa shape index (κ2) is 4.14. The van der Waals surface area contributed by atoms with Crippen molar-refractivity contribution < 1.29 is 18.7 Å². The van der Waals surface area contributed by atoms with E-state index in [4.69, 9.17) is 9.52 Å². The Hall–Kier alpha value is -2.17. The number of alkyl halides is 1. The summed E-state index contributed by atoms with van der Waals surface area (Å²) in [6, 6.07) is 8.74. The molecule has 1 aromatic heterocycles. The molecule has 0 aliphatic carbocycles. The largest absolute Gasteiger partial charge is 0.476 e. The minimum atomic E-state index is -1.29. The standard InChI is InChI=1S/C11H8FNO3/c12-6-8-9(11(14)15)13-10(16-8)7-4-2-1-3-5-7/h1-5H,6H2,(H,14,15). The van der Waals surface area contributed by atoms with E-state index in [1.54, 1.807) is 30.3 Å². The van der Waals surface area contributed by atoms with Gasteiger partial charge in [0.05, 0.1) is 0 Å². The van der Waals surface area contributed by atoms with E-state index in [1.165, 1.54) is 0 Å². The van der Waals surface area contributed by atoms with Crippen LogP contribution in [0.3, 0.4) is 0 Å². The number of carbonyl (C=O) groups is 1. The summed E-state index contributed by atoms with van der Waals surface area (Å²) in [5.74, 6) is -1.43. The third kappa shape index (κ3) is 1.79. The van der Waals surface area contributed by atoms with Crippen molar-refractivity contribution >= 4 is 5.97 Å². The number of aromatic carboxylic acids is 1. The molecule has 2 rings (SSSR count). The molecule has 5 heteroatoms. The van der Waals surface area contributed by atoms with Gasteiger partial charge in [0.15, 0.2) is 11.5 Å². The molecule has 16 heavy (non-hydrogen) atoms. The molecule has 0 aliphatic rings. The van der Waals surface area contributed by atoms with Crippen molar-refractivity contribution in [3.8, 4) is 11.5 Å². The second-order valence-electron chi connectivity index (χ2n) is 3.10. The monoisotopic (exact) mass is 221 g/mol. The number of nitrogens with zero attached hydrogens (tertiary/aromatic N) is 1. The van der Waals surface area contributed by atoms with E-state index < -0.39 is 12.6 Å². The Kier molecular flexibility index (Phi) is 2.68. The highest BCUT2D eigenvalue weighted by Gasteiger charge is 2.19. The minimum absolute atomic E-state index is 0.116. The predicted octanol–water partition coefficient (Wildman–Crippen LogP) is 2.51. The van der Waals surface area contributed by atoms with Gasteiger partial charge in [-0.15, -0.1) is 0 Å². The average molecular weight is 221 g/mol. The van der Waals surface area contributed by atoms with Crippen molar-refractivity contribution in [2.75, 3.05) is 0 Å². The van der Waals surface area contributed by atoms with Gasteiger partial charge in [-0.1, -0.05) is 18.2 Å². The Morgan fingerprint density at radius 3 is 2.56 bits per heavy atom. The van der Waals surface area contributed by atoms with E-state index in [1.807, 2.05) is 0 Å². The molecule has 82 valence electrons. The van der Waals surface area contributed by atoms with E-state index in [2.05, 4.69) is 4.98 Å². The highest BCUT2D eigenvalue weighted by atomic mass is 19.1. The molecule has 0 bridgehead atoms. The third-order valence-corrected chi connectivity index (χ3v) is 2.04. The number of carboxylic acid groups (broad SMARTS) is 1. The zero-order valence-corrected chi connectivity index (χ0v) is 8.18. The van der Waals surface area contributed by atoms with Crippen LogP contribution in [0.4, 0.5) is 4.39 Å². The van der Waals surface area contributed by atoms with Gasteiger partial charge in [0.25, 0.3) is 0 Å². The van der Waals surface area contributed by atoms with Gasteiger partial charge in [-0.3, -0.25) is 0 Å². The first-order chi connectivity index (χ1) is 7.72. The molecule has 0 radical (unpaired) electrons. The first kappa shape index (κ1) is 10.4. The molecule has 2 aromatic rings. The van der Waals surface area contributed by atoms with E-state index in [0.29, 0.717) is 5.56 Å². The van der Waals surface area contributed by atoms with Crippen molar-refractivity contribution in [3.63, 3.8) is 0 Å². The molecule has 1 heterocycles. The van der Waals surface area contributed by atoms with Gasteiger partial charge in [0.2, 0.25) is 5.89 Å². The highest BCUT2D eigenvalue weighted by Crippen LogP contribution is 2.22. The minimum Gasteiger partial charge on any atom is -0.476 e. The Balaban J connectivity index is 2.48. The molecule has 1 N–H and O–H groups in total. The molecule has 0 saturated heterocycles. The van der Waals surface area contributed by atoms with Crippen molar-refractivity contribution in [3.05, 3.63) is 41.8 Å². The molecule has 0 amide bonds. The van der Waals surface area contributed by atoms with E-state index in [0.717, 1.165) is 0 Å². The summed E-state index contributed by atoms with van der Waals surface area (Å²) in [4.78, 5) is 14.5. The summed E-state index contributed by atoms with van der Waals surface area (Å²) in [5.41, 5.74) is 0.242. The Morgan fingerprint density at radius 1 is 1.38 bits per heavy atom. The van der Waals surface area contributed by atoms with Gasteiger partial charge in [-0.25, -0.2) is 14.2 Å². The first-order valence-electron chi connectivity index (χ1n) is 4.56. The molecule has 0 aliphatic heterocycles. The van der Waals surface area contributed by atoms with Crippen LogP contribution in [-0.2, 0) is 6.67 Å². The van der Waals surface area contributed by atoms with Gasteiger partial charge in [-0.2, -0.15) is 0 Å². The quantitative estimate of drug-likeness (QED) is 0.864. The topological polar surface area (TPSA) is 63.3 Å². The van der Waals surface area contributed by atoms with Crippen LogP contribution in [0, 0.1) is 0 Å². The lowest BCUT2D eigenvalue weighted by molar-refractivity contribution is 0.0687. The predicted molar refractivity (Wildman–Crippen MR) is 53.7 cm³/mol. The summed E-state index contributed by atoms with van der Waals surface area (Å²) in [6.45, 7) is -0.985. The number of aromatic nitrogens is 1. The number of hydrogen-bond donors (Lipinski definition) is 1. The lowest BCUT2D eigenvalue weighted by atomic mass is 10.2. The number of carboxylic acids is 1. The van der Waals surface area contributed by atoms with E-state index in [9.17, 15) is 9.18 Å². The van der Waals surface area contributed by atoms with Crippen molar-refractivity contribution in [2.45, 2.75) is 6.67 Å². The molecule has 0 atom stereocenters. The smallest absolute Gasteiger partial charge is 0.358 e. The zero-order valence-electron chi connectivity index (χ0n) is 8.18. The summed E-state index contributed by atoms with van der Waals surface area (Å²) < 4.78 is 17.5. The van der Waals surface area contributed by atoms with Crippen LogP contribution in [0.25, 0.3) is 11.5 Å². The fraction of sp³-hybridized carbons (Fsp3) is 0.0909. The Bertz CT molecular complexity index is 507. The van der Waals surface area contributed by atoms with Gasteiger partial charge in [0.1, 0.15) is 6.67 Å². The van der Waals surface area contributed by atoms with Gasteiger partial charge in [0, 0.05) is 5.56 Å². The maximum absolute atomic E-state index is 12.5. The lowest BCUT2D eigenvalue weighted by Gasteiger charge is -1.92. The molecule has 0 spiro atoms. The molecule has 0 saturated carbocycles. The van der Waals surface area contributed by atoms with E-state index >= 15 is 0 Å².